The molecule has 0 aliphatic carbocycles. The summed E-state index contributed by atoms with van der Waals surface area (Å²) in [6.07, 6.45) is 0. The number of hydrogen-bond donors (Lipinski definition) is 0. The molecule has 40 heavy (non-hydrogen) atoms. The maximum atomic E-state index is 12.5. The predicted molar refractivity (Wildman–Crippen MR) is 175 cm³/mol. The van der Waals surface area contributed by atoms with Crippen molar-refractivity contribution in [1.82, 2.24) is 0 Å². The van der Waals surface area contributed by atoms with Crippen molar-refractivity contribution in [2.24, 2.45) is 0 Å². The number of benzene rings is 2. The van der Waals surface area contributed by atoms with Gasteiger partial charge in [0.25, 0.3) is 16.6 Å². The summed E-state index contributed by atoms with van der Waals surface area (Å²) in [4.78, 5) is 0. The van der Waals surface area contributed by atoms with Gasteiger partial charge in [-0.25, -0.2) is 0 Å². The van der Waals surface area contributed by atoms with E-state index in [4.69, 9.17) is 17.9 Å². The van der Waals surface area contributed by atoms with E-state index < -0.39 is 24.9 Å². The first kappa shape index (κ1) is 34.8. The standard InChI is InChI=1S/C32H55O5PSi2/c1-23(2)39(24(3)4,25(5)6)36-31-17-13-29(14-18-31)21-34-38(33)35-22-30-15-19-32(20-16-30)37-40(26(7)8,27(9)10)28(11)12/h13-20,23-28,38H,21-22H2,1-12H3. The van der Waals surface area contributed by atoms with Crippen molar-refractivity contribution in [2.75, 3.05) is 0 Å². The molecular formula is C32H55O5PSi2. The lowest BCUT2D eigenvalue weighted by molar-refractivity contribution is 0.213. The third kappa shape index (κ3) is 8.35. The van der Waals surface area contributed by atoms with E-state index in [9.17, 15) is 4.57 Å². The van der Waals surface area contributed by atoms with Crippen LogP contribution in [0.25, 0.3) is 0 Å². The second-order valence-electron chi connectivity index (χ2n) is 13.0. The summed E-state index contributed by atoms with van der Waals surface area (Å²) in [5, 5.41) is 0. The van der Waals surface area contributed by atoms with Crippen LogP contribution in [0.2, 0.25) is 33.2 Å². The van der Waals surface area contributed by atoms with Gasteiger partial charge in [0.05, 0.1) is 13.2 Å². The topological polar surface area (TPSA) is 54.0 Å². The molecule has 5 nitrogen and oxygen atoms in total. The monoisotopic (exact) mass is 606 g/mol. The maximum Gasteiger partial charge on any atom is 0.319 e. The normalized spacial score (nSPS) is 13.1. The lowest BCUT2D eigenvalue weighted by Crippen LogP contribution is -2.50. The zero-order chi connectivity index (χ0) is 30.3. The van der Waals surface area contributed by atoms with Gasteiger partial charge < -0.3 is 17.9 Å². The van der Waals surface area contributed by atoms with E-state index in [0.717, 1.165) is 22.6 Å². The minimum atomic E-state index is -2.63. The lowest BCUT2D eigenvalue weighted by atomic mass is 10.2. The zero-order valence-corrected chi connectivity index (χ0v) is 30.0. The van der Waals surface area contributed by atoms with Crippen LogP contribution in [-0.4, -0.2) is 16.6 Å². The van der Waals surface area contributed by atoms with Gasteiger partial charge in [-0.1, -0.05) is 107 Å². The summed E-state index contributed by atoms with van der Waals surface area (Å²) in [7, 11) is -6.62. The molecule has 0 aliphatic heterocycles. The minimum absolute atomic E-state index is 0.234. The van der Waals surface area contributed by atoms with E-state index in [0.29, 0.717) is 33.2 Å². The number of hydrogen-bond acceptors (Lipinski definition) is 5. The largest absolute Gasteiger partial charge is 0.543 e. The Morgan fingerprint density at radius 1 is 0.500 bits per heavy atom. The Kier molecular flexibility index (Phi) is 13.2. The Balaban J connectivity index is 1.92. The molecule has 0 saturated heterocycles. The van der Waals surface area contributed by atoms with Crippen LogP contribution < -0.4 is 8.85 Å². The summed E-state index contributed by atoms with van der Waals surface area (Å²) >= 11 is 0. The van der Waals surface area contributed by atoms with Crippen LogP contribution in [-0.2, 0) is 26.8 Å². The van der Waals surface area contributed by atoms with E-state index in [1.54, 1.807) is 0 Å². The molecule has 0 N–H and O–H groups in total. The van der Waals surface area contributed by atoms with Gasteiger partial charge in [-0.3, -0.25) is 4.57 Å². The van der Waals surface area contributed by atoms with Gasteiger partial charge in [0.1, 0.15) is 11.5 Å². The quantitative estimate of drug-likeness (QED) is 0.140. The molecule has 0 spiro atoms. The Bertz CT molecular complexity index is 923. The molecular weight excluding hydrogens is 551 g/mol. The molecule has 0 fully saturated rings. The van der Waals surface area contributed by atoms with Gasteiger partial charge in [0, 0.05) is 0 Å². The van der Waals surface area contributed by atoms with Crippen LogP contribution in [0.3, 0.4) is 0 Å². The molecule has 0 aromatic heterocycles. The zero-order valence-electron chi connectivity index (χ0n) is 27.0. The van der Waals surface area contributed by atoms with Crippen LogP contribution in [0.4, 0.5) is 0 Å². The van der Waals surface area contributed by atoms with E-state index in [2.05, 4.69) is 83.1 Å². The summed E-state index contributed by atoms with van der Waals surface area (Å²) < 4.78 is 37.0. The van der Waals surface area contributed by atoms with Crippen molar-refractivity contribution in [1.29, 1.82) is 0 Å². The minimum Gasteiger partial charge on any atom is -0.543 e. The fourth-order valence-electron chi connectivity index (χ4n) is 6.75. The van der Waals surface area contributed by atoms with E-state index in [-0.39, 0.29) is 13.2 Å². The Labute approximate surface area is 247 Å². The second-order valence-corrected chi connectivity index (χ2v) is 24.8. The molecule has 2 aromatic rings. The maximum absolute atomic E-state index is 12.5. The highest BCUT2D eigenvalue weighted by Crippen LogP contribution is 2.44. The van der Waals surface area contributed by atoms with Crippen molar-refractivity contribution >= 4 is 24.9 Å². The summed E-state index contributed by atoms with van der Waals surface area (Å²) in [5.41, 5.74) is 4.95. The predicted octanol–water partition coefficient (Wildman–Crippen LogP) is 10.9. The lowest BCUT2D eigenvalue weighted by Gasteiger charge is -2.42. The van der Waals surface area contributed by atoms with E-state index in [1.807, 2.05) is 48.5 Å². The van der Waals surface area contributed by atoms with Gasteiger partial charge in [0.15, 0.2) is 0 Å². The average Bonchev–Trinajstić information content (AvgIpc) is 2.88. The fourth-order valence-corrected chi connectivity index (χ4v) is 17.9. The third-order valence-corrected chi connectivity index (χ3v) is 21.3. The van der Waals surface area contributed by atoms with Crippen molar-refractivity contribution in [2.45, 2.75) is 130 Å². The first-order valence-corrected chi connectivity index (χ1v) is 20.5. The first-order chi connectivity index (χ1) is 18.7. The summed E-state index contributed by atoms with van der Waals surface area (Å²) in [6, 6.07) is 16.0. The van der Waals surface area contributed by atoms with Crippen molar-refractivity contribution in [3.05, 3.63) is 59.7 Å². The van der Waals surface area contributed by atoms with Crippen LogP contribution >= 0.6 is 8.25 Å². The third-order valence-electron chi connectivity index (χ3n) is 8.56. The van der Waals surface area contributed by atoms with E-state index >= 15 is 0 Å². The van der Waals surface area contributed by atoms with Gasteiger partial charge in [-0.15, -0.1) is 0 Å². The first-order valence-electron chi connectivity index (χ1n) is 15.0. The Morgan fingerprint density at radius 3 is 0.975 bits per heavy atom. The molecule has 2 rings (SSSR count). The molecule has 0 bridgehead atoms. The summed E-state index contributed by atoms with van der Waals surface area (Å²) in [5.74, 6) is 1.80. The van der Waals surface area contributed by atoms with Gasteiger partial charge in [-0.2, -0.15) is 0 Å². The molecule has 0 atom stereocenters. The van der Waals surface area contributed by atoms with Crippen molar-refractivity contribution in [3.8, 4) is 11.5 Å². The Hall–Kier alpha value is -1.38. The van der Waals surface area contributed by atoms with Crippen LogP contribution in [0.1, 0.15) is 94.2 Å². The van der Waals surface area contributed by atoms with Crippen molar-refractivity contribution < 1.29 is 22.5 Å². The molecule has 226 valence electrons. The molecule has 0 heterocycles. The molecule has 0 amide bonds. The molecule has 0 aliphatic rings. The molecule has 0 unspecified atom stereocenters. The molecule has 0 saturated carbocycles. The summed E-state index contributed by atoms with van der Waals surface area (Å²) in [6.45, 7) is 27.9. The SMILES string of the molecule is CC(C)[Si](Oc1ccc(CO[PH](=O)OCc2ccc(O[Si](C(C)C)(C(C)C)C(C)C)cc2)cc1)(C(C)C)C(C)C. The highest BCUT2D eigenvalue weighted by atomic mass is 31.1. The molecule has 0 radical (unpaired) electrons. The number of rotatable bonds is 16. The molecule has 2 aromatic carbocycles. The second kappa shape index (κ2) is 15.2. The van der Waals surface area contributed by atoms with Crippen molar-refractivity contribution in [3.63, 3.8) is 0 Å². The van der Waals surface area contributed by atoms with E-state index in [1.165, 1.54) is 0 Å². The smallest absolute Gasteiger partial charge is 0.319 e. The van der Waals surface area contributed by atoms with Gasteiger partial charge >= 0.3 is 8.25 Å². The van der Waals surface area contributed by atoms with Crippen LogP contribution in [0.5, 0.6) is 11.5 Å². The highest BCUT2D eigenvalue weighted by molar-refractivity contribution is 7.33. The average molecular weight is 607 g/mol. The van der Waals surface area contributed by atoms with Crippen LogP contribution in [0.15, 0.2) is 48.5 Å². The van der Waals surface area contributed by atoms with Crippen LogP contribution in [0, 0.1) is 0 Å². The van der Waals surface area contributed by atoms with Gasteiger partial charge in [0.2, 0.25) is 0 Å². The van der Waals surface area contributed by atoms with Gasteiger partial charge in [-0.05, 0) is 68.6 Å². The Morgan fingerprint density at radius 2 is 0.750 bits per heavy atom. The highest BCUT2D eigenvalue weighted by Gasteiger charge is 2.47. The molecule has 8 heteroatoms. The fraction of sp³-hybridized carbons (Fsp3) is 0.625.